The van der Waals surface area contributed by atoms with Gasteiger partial charge in [-0.3, -0.25) is 0 Å². The van der Waals surface area contributed by atoms with Gasteiger partial charge in [-0.05, 0) is 106 Å². The second-order valence-electron chi connectivity index (χ2n) is 10.6. The van der Waals surface area contributed by atoms with E-state index in [9.17, 15) is 10.6 Å². The van der Waals surface area contributed by atoms with Gasteiger partial charge >= 0.3 is 0 Å². The van der Waals surface area contributed by atoms with E-state index in [0.717, 1.165) is 48.9 Å². The van der Waals surface area contributed by atoms with Crippen LogP contribution in [0.2, 0.25) is 0 Å². The summed E-state index contributed by atoms with van der Waals surface area (Å²) in [5, 5.41) is 11.2. The van der Waals surface area contributed by atoms with E-state index < -0.39 is 5.60 Å². The Labute approximate surface area is 165 Å². The molecule has 0 aromatic carbocycles. The Morgan fingerprint density at radius 1 is 1.07 bits per heavy atom. The molecule has 4 saturated carbocycles. The lowest BCUT2D eigenvalue weighted by molar-refractivity contribution is -0.102. The average Bonchev–Trinajstić information content (AvgIpc) is 2.99. The van der Waals surface area contributed by atoms with Gasteiger partial charge in [0.05, 0.1) is 0 Å². The topological polar surface area (TPSA) is 56.6 Å². The molecule has 0 bridgehead atoms. The van der Waals surface area contributed by atoms with Crippen LogP contribution in [0.5, 0.6) is 0 Å². The molecule has 4 rings (SSSR count). The number of allylic oxidation sites excluding steroid dienone is 1. The Bertz CT molecular complexity index is 665. The summed E-state index contributed by atoms with van der Waals surface area (Å²) in [5.74, 6) is 4.73. The number of fused-ring (bicyclic) bond motifs is 5. The number of rotatable bonds is 3. The molecule has 4 fully saturated rings. The molecule has 0 radical (unpaired) electrons. The molecule has 4 aliphatic rings. The van der Waals surface area contributed by atoms with Gasteiger partial charge in [0.15, 0.2) is 5.60 Å². The van der Waals surface area contributed by atoms with Gasteiger partial charge in [-0.1, -0.05) is 26.0 Å². The van der Waals surface area contributed by atoms with Gasteiger partial charge in [-0.15, -0.1) is 0 Å². The zero-order valence-electron chi connectivity index (χ0n) is 17.6. The maximum absolute atomic E-state index is 11.2. The van der Waals surface area contributed by atoms with Crippen LogP contribution in [0.1, 0.15) is 85.0 Å². The van der Waals surface area contributed by atoms with Gasteiger partial charge in [0, 0.05) is 6.42 Å². The predicted octanol–water partition coefficient (Wildman–Crippen LogP) is 5.64. The molecule has 0 saturated heterocycles. The van der Waals surface area contributed by atoms with E-state index >= 15 is 0 Å². The first kappa shape index (κ1) is 19.4. The van der Waals surface area contributed by atoms with E-state index in [1.807, 2.05) is 6.92 Å². The van der Waals surface area contributed by atoms with Crippen LogP contribution in [-0.4, -0.2) is 21.2 Å². The molecule has 0 aliphatic heterocycles. The number of hydrogen-bond donors (Lipinski definition) is 1. The van der Waals surface area contributed by atoms with E-state index in [1.165, 1.54) is 44.1 Å². The second-order valence-corrected chi connectivity index (χ2v) is 10.6. The standard InChI is InChI=1S/C24H38N2O/c1-5-22(26-25)24(27)13-11-17-16(14-24)6-7-19-18(17)10-12-23(4)20(15(2)3)8-9-21(19)23/h16-21,27H,2,5-14H2,1,3-4H3/t16-,17-,18+,19+,20+,21-,23+,24?/m0/s1. The van der Waals surface area contributed by atoms with Crippen molar-refractivity contribution in [1.82, 2.24) is 0 Å². The van der Waals surface area contributed by atoms with Gasteiger partial charge in [0.25, 0.3) is 5.71 Å². The lowest BCUT2D eigenvalue weighted by atomic mass is 9.48. The van der Waals surface area contributed by atoms with Crippen LogP contribution in [0.3, 0.4) is 0 Å². The summed E-state index contributed by atoms with van der Waals surface area (Å²) in [6, 6.07) is 0. The molecule has 8 atom stereocenters. The van der Waals surface area contributed by atoms with E-state index in [-0.39, 0.29) is 0 Å². The minimum atomic E-state index is -0.862. The molecule has 1 unspecified atom stereocenters. The highest BCUT2D eigenvalue weighted by molar-refractivity contribution is 5.87. The fourth-order valence-electron chi connectivity index (χ4n) is 8.44. The van der Waals surface area contributed by atoms with Crippen LogP contribution in [0.4, 0.5) is 0 Å². The Hall–Kier alpha value is -0.920. The summed E-state index contributed by atoms with van der Waals surface area (Å²) in [7, 11) is 0. The average molecular weight is 371 g/mol. The van der Waals surface area contributed by atoms with Crippen molar-refractivity contribution in [2.24, 2.45) is 40.9 Å². The van der Waals surface area contributed by atoms with Gasteiger partial charge in [-0.25, -0.2) is 0 Å². The summed E-state index contributed by atoms with van der Waals surface area (Å²) < 4.78 is 0. The first-order valence-corrected chi connectivity index (χ1v) is 11.4. The van der Waals surface area contributed by atoms with Crippen molar-refractivity contribution in [1.29, 1.82) is 0 Å². The van der Waals surface area contributed by atoms with Crippen molar-refractivity contribution in [2.45, 2.75) is 90.6 Å². The Kier molecular flexibility index (Phi) is 4.92. The molecule has 3 nitrogen and oxygen atoms in total. The molecule has 0 aromatic heterocycles. The lowest BCUT2D eigenvalue weighted by Crippen LogP contribution is -2.53. The maximum Gasteiger partial charge on any atom is 0.299 e. The molecule has 4 aliphatic carbocycles. The highest BCUT2D eigenvalue weighted by atomic mass is 16.3. The molecule has 150 valence electrons. The lowest BCUT2D eigenvalue weighted by Gasteiger charge is -2.57. The second kappa shape index (κ2) is 6.85. The first-order valence-electron chi connectivity index (χ1n) is 11.4. The van der Waals surface area contributed by atoms with E-state index in [1.54, 1.807) is 0 Å². The van der Waals surface area contributed by atoms with Crippen LogP contribution < -0.4 is 0 Å². The smallest absolute Gasteiger partial charge is 0.299 e. The molecule has 27 heavy (non-hydrogen) atoms. The molecular formula is C24H38N2O. The normalized spacial score (nSPS) is 48.7. The summed E-state index contributed by atoms with van der Waals surface area (Å²) >= 11 is 0. The van der Waals surface area contributed by atoms with Crippen molar-refractivity contribution in [2.75, 3.05) is 0 Å². The summed E-state index contributed by atoms with van der Waals surface area (Å²) in [4.78, 5) is 3.46. The molecule has 3 heteroatoms. The van der Waals surface area contributed by atoms with Crippen LogP contribution in [0.15, 0.2) is 12.2 Å². The van der Waals surface area contributed by atoms with E-state index in [0.29, 0.717) is 23.5 Å². The zero-order valence-corrected chi connectivity index (χ0v) is 17.6. The van der Waals surface area contributed by atoms with Crippen molar-refractivity contribution >= 4 is 5.71 Å². The SMILES string of the molecule is C=C(C)[C@H]1CC[C@H]2[C@@H]3CC[C@H]4CC(O)(C(CC)=[N+]=[N-])CC[C@@H]4[C@H]3CC[C@]12C. The number of aliphatic hydroxyl groups is 1. The summed E-state index contributed by atoms with van der Waals surface area (Å²) in [6.45, 7) is 11.1. The minimum Gasteiger partial charge on any atom is -0.378 e. The zero-order chi connectivity index (χ0) is 19.4. The van der Waals surface area contributed by atoms with Gasteiger partial charge in [0.2, 0.25) is 0 Å². The highest BCUT2D eigenvalue weighted by Gasteiger charge is 2.58. The molecular weight excluding hydrogens is 332 g/mol. The Balaban J connectivity index is 1.53. The summed E-state index contributed by atoms with van der Waals surface area (Å²) in [6.07, 6.45) is 11.4. The third-order valence-corrected chi connectivity index (χ3v) is 9.60. The third kappa shape index (κ3) is 2.88. The Morgan fingerprint density at radius 3 is 2.48 bits per heavy atom. The van der Waals surface area contributed by atoms with Crippen molar-refractivity contribution in [3.05, 3.63) is 17.7 Å². The van der Waals surface area contributed by atoms with Gasteiger partial charge in [0.1, 0.15) is 0 Å². The fraction of sp³-hybridized carbons (Fsp3) is 0.875. The van der Waals surface area contributed by atoms with E-state index in [2.05, 4.69) is 25.2 Å². The van der Waals surface area contributed by atoms with Crippen molar-refractivity contribution in [3.8, 4) is 0 Å². The van der Waals surface area contributed by atoms with Crippen LogP contribution in [0, 0.1) is 40.9 Å². The minimum absolute atomic E-state index is 0.480. The van der Waals surface area contributed by atoms with E-state index in [4.69, 9.17) is 0 Å². The number of nitrogens with zero attached hydrogens (tertiary/aromatic N) is 2. The van der Waals surface area contributed by atoms with Crippen LogP contribution in [0.25, 0.3) is 5.53 Å². The molecule has 0 aromatic rings. The van der Waals surface area contributed by atoms with Crippen molar-refractivity contribution < 1.29 is 9.90 Å². The monoisotopic (exact) mass is 370 g/mol. The first-order chi connectivity index (χ1) is 12.8. The predicted molar refractivity (Wildman–Crippen MR) is 109 cm³/mol. The van der Waals surface area contributed by atoms with Gasteiger partial charge < -0.3 is 10.6 Å². The quantitative estimate of drug-likeness (QED) is 0.297. The van der Waals surface area contributed by atoms with Crippen LogP contribution >= 0.6 is 0 Å². The molecule has 0 amide bonds. The molecule has 0 heterocycles. The fourth-order valence-corrected chi connectivity index (χ4v) is 8.44. The highest BCUT2D eigenvalue weighted by Crippen LogP contribution is 2.65. The maximum atomic E-state index is 11.2. The molecule has 0 spiro atoms. The number of hydrogen-bond acceptors (Lipinski definition) is 1. The molecule has 1 N–H and O–H groups in total. The Morgan fingerprint density at radius 2 is 1.81 bits per heavy atom. The largest absolute Gasteiger partial charge is 0.378 e. The van der Waals surface area contributed by atoms with Crippen LogP contribution in [-0.2, 0) is 0 Å². The van der Waals surface area contributed by atoms with Crippen molar-refractivity contribution in [3.63, 3.8) is 0 Å². The van der Waals surface area contributed by atoms with Gasteiger partial charge in [-0.2, -0.15) is 4.79 Å². The third-order valence-electron chi connectivity index (χ3n) is 9.60. The summed E-state index contributed by atoms with van der Waals surface area (Å²) in [5.41, 5.74) is 11.0.